The van der Waals surface area contributed by atoms with E-state index in [9.17, 15) is 9.59 Å². The number of amides is 2. The molecule has 4 rings (SSSR count). The lowest BCUT2D eigenvalue weighted by Gasteiger charge is -2.34. The molecule has 2 aromatic heterocycles. The van der Waals surface area contributed by atoms with Crippen molar-refractivity contribution in [3.63, 3.8) is 0 Å². The van der Waals surface area contributed by atoms with Gasteiger partial charge in [0, 0.05) is 25.1 Å². The van der Waals surface area contributed by atoms with E-state index in [0.29, 0.717) is 37.7 Å². The lowest BCUT2D eigenvalue weighted by atomic mass is 10.0. The van der Waals surface area contributed by atoms with Gasteiger partial charge in [0.25, 0.3) is 5.91 Å². The van der Waals surface area contributed by atoms with Crippen LogP contribution in [0.4, 0.5) is 0 Å². The first-order valence-electron chi connectivity index (χ1n) is 9.72. The third kappa shape index (κ3) is 4.37. The molecule has 0 aliphatic carbocycles. The van der Waals surface area contributed by atoms with E-state index in [1.807, 2.05) is 30.3 Å². The minimum Gasteiger partial charge on any atom is -0.459 e. The van der Waals surface area contributed by atoms with Crippen LogP contribution < -0.4 is 5.32 Å². The highest BCUT2D eigenvalue weighted by molar-refractivity contribution is 5.95. The number of rotatable bonds is 6. The number of carbonyl (C=O) groups is 2. The maximum absolute atomic E-state index is 12.7. The second-order valence-electron chi connectivity index (χ2n) is 6.90. The molecule has 3 heterocycles. The number of carbonyl (C=O) groups excluding carboxylic acids is 2. The fraction of sp³-hybridized carbons (Fsp3) is 0.333. The summed E-state index contributed by atoms with van der Waals surface area (Å²) in [6.45, 7) is 0.899. The molecule has 1 aliphatic rings. The molecule has 0 saturated carbocycles. The Bertz CT molecular complexity index is 952. The molecule has 0 radical (unpaired) electrons. The van der Waals surface area contributed by atoms with Crippen LogP contribution in [0.3, 0.4) is 0 Å². The summed E-state index contributed by atoms with van der Waals surface area (Å²) in [7, 11) is 0. The van der Waals surface area contributed by atoms with Gasteiger partial charge in [-0.3, -0.25) is 9.59 Å². The maximum Gasteiger partial charge on any atom is 0.290 e. The quantitative estimate of drug-likeness (QED) is 0.690. The Morgan fingerprint density at radius 3 is 2.76 bits per heavy atom. The zero-order valence-electron chi connectivity index (χ0n) is 15.9. The van der Waals surface area contributed by atoms with Gasteiger partial charge in [-0.2, -0.15) is 0 Å². The van der Waals surface area contributed by atoms with Crippen molar-refractivity contribution in [3.05, 3.63) is 60.4 Å². The van der Waals surface area contributed by atoms with Crippen molar-refractivity contribution in [2.45, 2.75) is 31.7 Å². The van der Waals surface area contributed by atoms with Crippen molar-refractivity contribution in [2.75, 3.05) is 13.1 Å². The summed E-state index contributed by atoms with van der Waals surface area (Å²) in [5.41, 5.74) is 0.851. The first kappa shape index (κ1) is 18.9. The van der Waals surface area contributed by atoms with Crippen molar-refractivity contribution < 1.29 is 18.4 Å². The molecule has 29 heavy (non-hydrogen) atoms. The van der Waals surface area contributed by atoms with Gasteiger partial charge in [-0.1, -0.05) is 18.2 Å². The Labute approximate surface area is 167 Å². The highest BCUT2D eigenvalue weighted by Gasteiger charge is 2.33. The number of hydrogen-bond donors (Lipinski definition) is 1. The van der Waals surface area contributed by atoms with E-state index >= 15 is 0 Å². The Balaban J connectivity index is 1.33. The number of likely N-dealkylation sites (tertiary alicyclic amines) is 1. The zero-order valence-corrected chi connectivity index (χ0v) is 15.9. The zero-order chi connectivity index (χ0) is 20.1. The molecule has 150 valence electrons. The summed E-state index contributed by atoms with van der Waals surface area (Å²) < 4.78 is 10.9. The summed E-state index contributed by atoms with van der Waals surface area (Å²) in [4.78, 5) is 26.9. The normalized spacial score (nSPS) is 16.6. The third-order valence-electron chi connectivity index (χ3n) is 4.92. The summed E-state index contributed by atoms with van der Waals surface area (Å²) in [5.74, 6) is 0.737. The molecule has 8 heteroatoms. The second kappa shape index (κ2) is 8.72. The van der Waals surface area contributed by atoms with E-state index in [0.717, 1.165) is 18.4 Å². The van der Waals surface area contributed by atoms with Crippen molar-refractivity contribution in [1.29, 1.82) is 0 Å². The summed E-state index contributed by atoms with van der Waals surface area (Å²) in [5, 5.41) is 11.0. The second-order valence-corrected chi connectivity index (χ2v) is 6.90. The standard InChI is InChI=1S/C21H22N4O4/c26-19(16-9-4-5-13-25(16)21(27)17-10-6-14-28-17)22-12-11-18-23-24-20(29-18)15-7-2-1-3-8-15/h1-3,6-8,10,14,16H,4-5,9,11-13H2,(H,22,26). The van der Waals surface area contributed by atoms with Gasteiger partial charge in [0.2, 0.25) is 17.7 Å². The fourth-order valence-corrected chi connectivity index (χ4v) is 3.45. The molecule has 1 saturated heterocycles. The SMILES string of the molecule is O=C(NCCc1nnc(-c2ccccc2)o1)C1CCCCN1C(=O)c1ccco1. The number of hydrogen-bond acceptors (Lipinski definition) is 6. The van der Waals surface area contributed by atoms with Gasteiger partial charge < -0.3 is 19.1 Å². The van der Waals surface area contributed by atoms with Gasteiger partial charge in [-0.15, -0.1) is 10.2 Å². The van der Waals surface area contributed by atoms with Crippen LogP contribution in [-0.4, -0.2) is 46.0 Å². The molecule has 1 N–H and O–H groups in total. The molecule has 1 unspecified atom stereocenters. The predicted octanol–water partition coefficient (Wildman–Crippen LogP) is 2.68. The molecule has 1 aliphatic heterocycles. The Hall–Kier alpha value is -3.42. The monoisotopic (exact) mass is 394 g/mol. The Morgan fingerprint density at radius 2 is 1.97 bits per heavy atom. The van der Waals surface area contributed by atoms with E-state index in [-0.39, 0.29) is 17.6 Å². The van der Waals surface area contributed by atoms with Crippen LogP contribution in [0.5, 0.6) is 0 Å². The molecule has 1 fully saturated rings. The third-order valence-corrected chi connectivity index (χ3v) is 4.92. The summed E-state index contributed by atoms with van der Waals surface area (Å²) >= 11 is 0. The molecule has 0 spiro atoms. The predicted molar refractivity (Wildman–Crippen MR) is 104 cm³/mol. The number of benzene rings is 1. The molecule has 1 aromatic carbocycles. The fourth-order valence-electron chi connectivity index (χ4n) is 3.45. The van der Waals surface area contributed by atoms with Crippen molar-refractivity contribution >= 4 is 11.8 Å². The van der Waals surface area contributed by atoms with E-state index in [2.05, 4.69) is 15.5 Å². The summed E-state index contributed by atoms with van der Waals surface area (Å²) in [6.07, 6.45) is 4.30. The molecular formula is C21H22N4O4. The smallest absolute Gasteiger partial charge is 0.290 e. The first-order valence-corrected chi connectivity index (χ1v) is 9.72. The maximum atomic E-state index is 12.7. The van der Waals surface area contributed by atoms with Gasteiger partial charge >= 0.3 is 0 Å². The van der Waals surface area contributed by atoms with Crippen LogP contribution >= 0.6 is 0 Å². The van der Waals surface area contributed by atoms with E-state index in [1.165, 1.54) is 6.26 Å². The first-order chi connectivity index (χ1) is 14.2. The number of furan rings is 1. The van der Waals surface area contributed by atoms with Gasteiger partial charge in [0.15, 0.2) is 5.76 Å². The van der Waals surface area contributed by atoms with Gasteiger partial charge in [-0.05, 0) is 43.5 Å². The average molecular weight is 394 g/mol. The lowest BCUT2D eigenvalue weighted by Crippen LogP contribution is -2.52. The van der Waals surface area contributed by atoms with Crippen LogP contribution in [0.25, 0.3) is 11.5 Å². The van der Waals surface area contributed by atoms with Gasteiger partial charge in [0.1, 0.15) is 6.04 Å². The Kier molecular flexibility index (Phi) is 5.69. The number of piperidine rings is 1. The van der Waals surface area contributed by atoms with Gasteiger partial charge in [0.05, 0.1) is 6.26 Å². The van der Waals surface area contributed by atoms with Crippen LogP contribution in [0.2, 0.25) is 0 Å². The Morgan fingerprint density at radius 1 is 1.10 bits per heavy atom. The minimum absolute atomic E-state index is 0.174. The van der Waals surface area contributed by atoms with Crippen LogP contribution in [0, 0.1) is 0 Å². The minimum atomic E-state index is -0.496. The number of aromatic nitrogens is 2. The number of nitrogens with one attached hydrogen (secondary N) is 1. The molecule has 3 aromatic rings. The highest BCUT2D eigenvalue weighted by Crippen LogP contribution is 2.20. The van der Waals surface area contributed by atoms with E-state index in [4.69, 9.17) is 8.83 Å². The largest absolute Gasteiger partial charge is 0.459 e. The van der Waals surface area contributed by atoms with Crippen LogP contribution in [0.1, 0.15) is 35.7 Å². The molecule has 0 bridgehead atoms. The molecule has 1 atom stereocenters. The van der Waals surface area contributed by atoms with Crippen LogP contribution in [0.15, 0.2) is 57.6 Å². The van der Waals surface area contributed by atoms with Crippen molar-refractivity contribution in [1.82, 2.24) is 20.4 Å². The lowest BCUT2D eigenvalue weighted by molar-refractivity contribution is -0.126. The topological polar surface area (TPSA) is 101 Å². The van der Waals surface area contributed by atoms with E-state index < -0.39 is 6.04 Å². The van der Waals surface area contributed by atoms with Crippen LogP contribution in [-0.2, 0) is 11.2 Å². The van der Waals surface area contributed by atoms with Crippen molar-refractivity contribution in [3.8, 4) is 11.5 Å². The molecular weight excluding hydrogens is 372 g/mol. The van der Waals surface area contributed by atoms with Gasteiger partial charge in [-0.25, -0.2) is 0 Å². The highest BCUT2D eigenvalue weighted by atomic mass is 16.4. The molecule has 8 nitrogen and oxygen atoms in total. The number of nitrogens with zero attached hydrogens (tertiary/aromatic N) is 3. The van der Waals surface area contributed by atoms with Crippen molar-refractivity contribution in [2.24, 2.45) is 0 Å². The molecule has 2 amide bonds. The summed E-state index contributed by atoms with van der Waals surface area (Å²) in [6, 6.07) is 12.3. The van der Waals surface area contributed by atoms with E-state index in [1.54, 1.807) is 17.0 Å². The average Bonchev–Trinajstić information content (AvgIpc) is 3.46.